The summed E-state index contributed by atoms with van der Waals surface area (Å²) in [4.78, 5) is 21.7. The van der Waals surface area contributed by atoms with Gasteiger partial charge in [-0.2, -0.15) is 0 Å². The summed E-state index contributed by atoms with van der Waals surface area (Å²) >= 11 is 0. The predicted octanol–water partition coefficient (Wildman–Crippen LogP) is 3.39. The molecule has 0 aliphatic rings. The van der Waals surface area contributed by atoms with Crippen LogP contribution >= 0.6 is 0 Å². The Bertz CT molecular complexity index is 488. The van der Waals surface area contributed by atoms with E-state index in [4.69, 9.17) is 4.74 Å². The van der Waals surface area contributed by atoms with Crippen molar-refractivity contribution in [3.05, 3.63) is 39.2 Å². The number of hydrogen-bond acceptors (Lipinski definition) is 4. The Balaban J connectivity index is 2.86. The Morgan fingerprint density at radius 2 is 2.11 bits per heavy atom. The van der Waals surface area contributed by atoms with Crippen molar-refractivity contribution in [1.82, 2.24) is 0 Å². The molecule has 0 aliphatic heterocycles. The van der Waals surface area contributed by atoms with E-state index in [0.717, 1.165) is 25.0 Å². The van der Waals surface area contributed by atoms with Crippen LogP contribution in [0.1, 0.15) is 42.1 Å². The van der Waals surface area contributed by atoms with Crippen molar-refractivity contribution in [1.29, 1.82) is 0 Å². The fraction of sp³-hybridized carbons (Fsp3) is 0.462. The van der Waals surface area contributed by atoms with E-state index >= 15 is 0 Å². The maximum atomic E-state index is 13.7. The zero-order valence-electron chi connectivity index (χ0n) is 10.9. The first-order valence-corrected chi connectivity index (χ1v) is 6.09. The Kier molecular flexibility index (Phi) is 5.41. The molecule has 0 aromatic heterocycles. The second-order valence-electron chi connectivity index (χ2n) is 4.22. The van der Waals surface area contributed by atoms with E-state index in [1.807, 2.05) is 6.92 Å². The number of halogens is 1. The lowest BCUT2D eigenvalue weighted by atomic mass is 10.1. The number of nitro groups is 1. The molecule has 6 heteroatoms. The number of ether oxygens (including phenoxy) is 1. The van der Waals surface area contributed by atoms with Crippen LogP contribution in [0.15, 0.2) is 12.1 Å². The highest BCUT2D eigenvalue weighted by molar-refractivity contribution is 5.90. The van der Waals surface area contributed by atoms with E-state index in [1.54, 1.807) is 0 Å². The number of nitro benzene ring substituents is 1. The minimum atomic E-state index is -0.861. The van der Waals surface area contributed by atoms with Crippen LogP contribution in [-0.4, -0.2) is 17.5 Å². The number of aryl methyl sites for hydroxylation is 1. The molecular formula is C13H16FNO4. The van der Waals surface area contributed by atoms with E-state index < -0.39 is 16.7 Å². The predicted molar refractivity (Wildman–Crippen MR) is 67.6 cm³/mol. The van der Waals surface area contributed by atoms with Crippen LogP contribution in [0.5, 0.6) is 0 Å². The molecule has 1 aromatic rings. The van der Waals surface area contributed by atoms with Gasteiger partial charge in [0.2, 0.25) is 0 Å². The van der Waals surface area contributed by atoms with Gasteiger partial charge in [-0.15, -0.1) is 0 Å². The smallest absolute Gasteiger partial charge is 0.341 e. The number of esters is 1. The lowest BCUT2D eigenvalue weighted by Gasteiger charge is -2.07. The maximum Gasteiger partial charge on any atom is 0.341 e. The van der Waals surface area contributed by atoms with E-state index in [-0.39, 0.29) is 23.4 Å². The summed E-state index contributed by atoms with van der Waals surface area (Å²) in [5.41, 5.74) is -0.655. The number of carbonyl (C=O) groups excluding carboxylic acids is 1. The molecule has 0 spiro atoms. The van der Waals surface area contributed by atoms with Gasteiger partial charge in [-0.3, -0.25) is 10.1 Å². The summed E-state index contributed by atoms with van der Waals surface area (Å²) in [6, 6.07) is 1.99. The fourth-order valence-corrected chi connectivity index (χ4v) is 1.60. The van der Waals surface area contributed by atoms with E-state index in [9.17, 15) is 19.3 Å². The molecule has 0 saturated carbocycles. The van der Waals surface area contributed by atoms with E-state index in [1.165, 1.54) is 6.92 Å². The van der Waals surface area contributed by atoms with Crippen LogP contribution < -0.4 is 0 Å². The van der Waals surface area contributed by atoms with Crippen LogP contribution in [0, 0.1) is 22.9 Å². The number of benzene rings is 1. The minimum Gasteiger partial charge on any atom is -0.462 e. The molecule has 19 heavy (non-hydrogen) atoms. The number of non-ortho nitro benzene ring substituents is 1. The van der Waals surface area contributed by atoms with Gasteiger partial charge in [0.15, 0.2) is 0 Å². The maximum absolute atomic E-state index is 13.7. The monoisotopic (exact) mass is 269 g/mol. The Hall–Kier alpha value is -1.98. The summed E-state index contributed by atoms with van der Waals surface area (Å²) in [6.45, 7) is 3.56. The molecule has 1 rings (SSSR count). The van der Waals surface area contributed by atoms with Crippen molar-refractivity contribution in [2.45, 2.75) is 33.1 Å². The number of carbonyl (C=O) groups is 1. The van der Waals surface area contributed by atoms with Gasteiger partial charge in [0.1, 0.15) is 11.4 Å². The van der Waals surface area contributed by atoms with Crippen molar-refractivity contribution < 1.29 is 18.8 Å². The second kappa shape index (κ2) is 6.82. The van der Waals surface area contributed by atoms with Crippen molar-refractivity contribution in [3.8, 4) is 0 Å². The number of unbranched alkanes of at least 4 members (excludes halogenated alkanes) is 2. The van der Waals surface area contributed by atoms with Crippen LogP contribution in [0.3, 0.4) is 0 Å². The third-order valence-electron chi connectivity index (χ3n) is 2.65. The molecule has 0 radical (unpaired) electrons. The average Bonchev–Trinajstić information content (AvgIpc) is 2.37. The normalized spacial score (nSPS) is 10.3. The van der Waals surface area contributed by atoms with Crippen LogP contribution in [-0.2, 0) is 4.74 Å². The van der Waals surface area contributed by atoms with Gasteiger partial charge < -0.3 is 4.74 Å². The highest BCUT2D eigenvalue weighted by atomic mass is 19.1. The first-order chi connectivity index (χ1) is 8.97. The van der Waals surface area contributed by atoms with Gasteiger partial charge >= 0.3 is 5.97 Å². The van der Waals surface area contributed by atoms with Crippen molar-refractivity contribution in [2.75, 3.05) is 6.61 Å². The lowest BCUT2D eigenvalue weighted by molar-refractivity contribution is -0.385. The average molecular weight is 269 g/mol. The van der Waals surface area contributed by atoms with Crippen molar-refractivity contribution in [3.63, 3.8) is 0 Å². The molecule has 0 atom stereocenters. The molecule has 0 saturated heterocycles. The highest BCUT2D eigenvalue weighted by Crippen LogP contribution is 2.21. The largest absolute Gasteiger partial charge is 0.462 e. The lowest BCUT2D eigenvalue weighted by Crippen LogP contribution is -2.10. The summed E-state index contributed by atoms with van der Waals surface area (Å²) in [7, 11) is 0. The fourth-order valence-electron chi connectivity index (χ4n) is 1.60. The summed E-state index contributed by atoms with van der Waals surface area (Å²) in [5, 5.41) is 10.7. The van der Waals surface area contributed by atoms with Crippen LogP contribution in [0.2, 0.25) is 0 Å². The zero-order chi connectivity index (χ0) is 14.4. The highest BCUT2D eigenvalue weighted by Gasteiger charge is 2.20. The standard InChI is InChI=1S/C13H16FNO4/c1-3-4-5-6-19-13(16)11-8-10(15(17)18)7-9(2)12(11)14/h7-8H,3-6H2,1-2H3. The van der Waals surface area contributed by atoms with E-state index in [0.29, 0.717) is 6.42 Å². The summed E-state index contributed by atoms with van der Waals surface area (Å²) in [5.74, 6) is -1.63. The molecule has 104 valence electrons. The molecule has 0 heterocycles. The van der Waals surface area contributed by atoms with Gasteiger partial charge in [0.05, 0.1) is 11.5 Å². The molecule has 0 N–H and O–H groups in total. The Morgan fingerprint density at radius 3 is 2.68 bits per heavy atom. The Morgan fingerprint density at radius 1 is 1.42 bits per heavy atom. The topological polar surface area (TPSA) is 69.4 Å². The second-order valence-corrected chi connectivity index (χ2v) is 4.22. The number of nitrogens with zero attached hydrogens (tertiary/aromatic N) is 1. The van der Waals surface area contributed by atoms with Gasteiger partial charge in [-0.1, -0.05) is 19.8 Å². The van der Waals surface area contributed by atoms with Crippen LogP contribution in [0.4, 0.5) is 10.1 Å². The third-order valence-corrected chi connectivity index (χ3v) is 2.65. The molecule has 0 bridgehead atoms. The third kappa shape index (κ3) is 4.01. The molecule has 0 fully saturated rings. The van der Waals surface area contributed by atoms with Gasteiger partial charge in [0.25, 0.3) is 5.69 Å². The molecular weight excluding hydrogens is 253 g/mol. The van der Waals surface area contributed by atoms with Crippen molar-refractivity contribution >= 4 is 11.7 Å². The van der Waals surface area contributed by atoms with Gasteiger partial charge in [-0.05, 0) is 18.9 Å². The molecule has 1 aromatic carbocycles. The zero-order valence-corrected chi connectivity index (χ0v) is 10.9. The van der Waals surface area contributed by atoms with E-state index in [2.05, 4.69) is 0 Å². The molecule has 5 nitrogen and oxygen atoms in total. The number of hydrogen-bond donors (Lipinski definition) is 0. The number of rotatable bonds is 6. The SMILES string of the molecule is CCCCCOC(=O)c1cc([N+](=O)[O-])cc(C)c1F. The Labute approximate surface area is 110 Å². The van der Waals surface area contributed by atoms with Crippen LogP contribution in [0.25, 0.3) is 0 Å². The van der Waals surface area contributed by atoms with Crippen molar-refractivity contribution in [2.24, 2.45) is 0 Å². The summed E-state index contributed by atoms with van der Waals surface area (Å²) in [6.07, 6.45) is 2.57. The molecule has 0 unspecified atom stereocenters. The first kappa shape index (κ1) is 15.1. The van der Waals surface area contributed by atoms with Gasteiger partial charge in [-0.25, -0.2) is 9.18 Å². The molecule has 0 amide bonds. The van der Waals surface area contributed by atoms with Gasteiger partial charge in [0, 0.05) is 12.1 Å². The quantitative estimate of drug-likeness (QED) is 0.343. The molecule has 0 aliphatic carbocycles. The summed E-state index contributed by atoms with van der Waals surface area (Å²) < 4.78 is 18.6. The minimum absolute atomic E-state index is 0.0507. The first-order valence-electron chi connectivity index (χ1n) is 6.09.